The average Bonchev–Trinajstić information content (AvgIpc) is 3.01. The van der Waals surface area contributed by atoms with E-state index < -0.39 is 0 Å². The van der Waals surface area contributed by atoms with Gasteiger partial charge in [-0.15, -0.1) is 11.3 Å². The molecule has 2 heterocycles. The standard InChI is InChI=1S/C17H18N2O4S/c20-14-8-13(18-17-19(14)4-5-24-17)9-23-16(22)12-6-10-2-1-3-11(7-12)15(10)21/h4-5,8,10-12H,1-3,6-7,9H2. The van der Waals surface area contributed by atoms with Gasteiger partial charge < -0.3 is 4.74 Å². The van der Waals surface area contributed by atoms with Crippen LogP contribution in [0.25, 0.3) is 4.96 Å². The molecule has 0 aromatic carbocycles. The smallest absolute Gasteiger partial charge is 0.309 e. The number of hydrogen-bond acceptors (Lipinski definition) is 6. The van der Waals surface area contributed by atoms with Crippen LogP contribution in [0.2, 0.25) is 0 Å². The molecule has 0 radical (unpaired) electrons. The van der Waals surface area contributed by atoms with Crippen molar-refractivity contribution in [3.8, 4) is 0 Å². The summed E-state index contributed by atoms with van der Waals surface area (Å²) >= 11 is 1.36. The van der Waals surface area contributed by atoms with E-state index in [9.17, 15) is 14.4 Å². The van der Waals surface area contributed by atoms with Crippen molar-refractivity contribution in [3.63, 3.8) is 0 Å². The van der Waals surface area contributed by atoms with Gasteiger partial charge in [-0.05, 0) is 25.7 Å². The first-order valence-corrected chi connectivity index (χ1v) is 9.16. The van der Waals surface area contributed by atoms with Crippen molar-refractivity contribution in [1.82, 2.24) is 9.38 Å². The molecule has 0 N–H and O–H groups in total. The molecule has 4 rings (SSSR count). The highest BCUT2D eigenvalue weighted by atomic mass is 32.1. The van der Waals surface area contributed by atoms with Crippen molar-refractivity contribution >= 4 is 28.1 Å². The summed E-state index contributed by atoms with van der Waals surface area (Å²) in [6.45, 7) is 0.00224. The monoisotopic (exact) mass is 346 g/mol. The van der Waals surface area contributed by atoms with Gasteiger partial charge in [-0.2, -0.15) is 0 Å². The lowest BCUT2D eigenvalue weighted by atomic mass is 9.67. The number of thiazole rings is 1. The quantitative estimate of drug-likeness (QED) is 0.796. The summed E-state index contributed by atoms with van der Waals surface area (Å²) in [6.07, 6.45) is 5.75. The predicted molar refractivity (Wildman–Crippen MR) is 87.7 cm³/mol. The topological polar surface area (TPSA) is 77.7 Å². The Balaban J connectivity index is 1.42. The van der Waals surface area contributed by atoms with Crippen LogP contribution in [0.4, 0.5) is 0 Å². The third-order valence-corrected chi connectivity index (χ3v) is 5.86. The fourth-order valence-electron chi connectivity index (χ4n) is 3.90. The highest BCUT2D eigenvalue weighted by Crippen LogP contribution is 2.40. The first-order chi connectivity index (χ1) is 11.6. The van der Waals surface area contributed by atoms with Crippen molar-refractivity contribution < 1.29 is 14.3 Å². The second-order valence-corrected chi connectivity index (χ2v) is 7.52. The number of fused-ring (bicyclic) bond motifs is 3. The van der Waals surface area contributed by atoms with Crippen LogP contribution in [0, 0.1) is 17.8 Å². The van der Waals surface area contributed by atoms with Gasteiger partial charge in [-0.3, -0.25) is 18.8 Å². The summed E-state index contributed by atoms with van der Waals surface area (Å²) in [7, 11) is 0. The lowest BCUT2D eigenvalue weighted by Crippen LogP contribution is -2.39. The number of esters is 1. The zero-order valence-corrected chi connectivity index (χ0v) is 14.0. The highest BCUT2D eigenvalue weighted by Gasteiger charge is 2.41. The minimum Gasteiger partial charge on any atom is -0.459 e. The Morgan fingerprint density at radius 3 is 2.79 bits per heavy atom. The van der Waals surface area contributed by atoms with Crippen LogP contribution in [-0.4, -0.2) is 21.1 Å². The summed E-state index contributed by atoms with van der Waals surface area (Å²) in [5.41, 5.74) is 0.285. The number of aromatic nitrogens is 2. The summed E-state index contributed by atoms with van der Waals surface area (Å²) in [5, 5.41) is 1.79. The highest BCUT2D eigenvalue weighted by molar-refractivity contribution is 7.15. The molecule has 2 aliphatic rings. The van der Waals surface area contributed by atoms with Crippen molar-refractivity contribution in [2.75, 3.05) is 0 Å². The molecule has 24 heavy (non-hydrogen) atoms. The number of hydrogen-bond donors (Lipinski definition) is 0. The molecule has 0 spiro atoms. The Hall–Kier alpha value is -2.02. The van der Waals surface area contributed by atoms with Crippen LogP contribution in [-0.2, 0) is 20.9 Å². The molecule has 2 aromatic rings. The number of carbonyl (C=O) groups excluding carboxylic acids is 2. The van der Waals surface area contributed by atoms with Gasteiger partial charge in [0, 0.05) is 29.5 Å². The Morgan fingerprint density at radius 1 is 1.29 bits per heavy atom. The largest absolute Gasteiger partial charge is 0.459 e. The predicted octanol–water partition coefficient (Wildman–Crippen LogP) is 2.19. The van der Waals surface area contributed by atoms with Gasteiger partial charge in [-0.25, -0.2) is 4.98 Å². The summed E-state index contributed by atoms with van der Waals surface area (Å²) in [5.74, 6) is -0.0825. The molecule has 2 atom stereocenters. The van der Waals surface area contributed by atoms with Crippen molar-refractivity contribution in [2.45, 2.75) is 38.7 Å². The van der Waals surface area contributed by atoms with Crippen molar-refractivity contribution in [2.24, 2.45) is 17.8 Å². The summed E-state index contributed by atoms with van der Waals surface area (Å²) in [6, 6.07) is 1.39. The third kappa shape index (κ3) is 2.77. The van der Waals surface area contributed by atoms with Gasteiger partial charge in [-0.1, -0.05) is 6.42 Å². The molecule has 2 unspecified atom stereocenters. The molecule has 2 aromatic heterocycles. The van der Waals surface area contributed by atoms with E-state index in [0.717, 1.165) is 19.3 Å². The van der Waals surface area contributed by atoms with Crippen LogP contribution in [0.5, 0.6) is 0 Å². The van der Waals surface area contributed by atoms with E-state index >= 15 is 0 Å². The minimum absolute atomic E-state index is 0.00224. The molecule has 126 valence electrons. The molecule has 2 fully saturated rings. The van der Waals surface area contributed by atoms with Crippen LogP contribution >= 0.6 is 11.3 Å². The maximum Gasteiger partial charge on any atom is 0.309 e. The van der Waals surface area contributed by atoms with E-state index in [2.05, 4.69) is 4.98 Å². The number of ketones is 1. The van der Waals surface area contributed by atoms with Gasteiger partial charge >= 0.3 is 5.97 Å². The first-order valence-electron chi connectivity index (χ1n) is 8.28. The van der Waals surface area contributed by atoms with E-state index in [0.29, 0.717) is 29.3 Å². The van der Waals surface area contributed by atoms with E-state index in [1.165, 1.54) is 21.8 Å². The molecule has 2 aliphatic carbocycles. The zero-order chi connectivity index (χ0) is 16.7. The van der Waals surface area contributed by atoms with E-state index in [1.807, 2.05) is 0 Å². The number of ether oxygens (including phenoxy) is 1. The lowest BCUT2D eigenvalue weighted by molar-refractivity contribution is -0.154. The number of rotatable bonds is 3. The molecule has 6 nitrogen and oxygen atoms in total. The van der Waals surface area contributed by atoms with Crippen LogP contribution in [0.1, 0.15) is 37.8 Å². The van der Waals surface area contributed by atoms with E-state index in [1.54, 1.807) is 11.6 Å². The van der Waals surface area contributed by atoms with Gasteiger partial charge in [0.1, 0.15) is 12.4 Å². The minimum atomic E-state index is -0.271. The SMILES string of the molecule is O=C(OCc1cc(=O)n2ccsc2n1)C1CC2CCCC(C1)C2=O. The first kappa shape index (κ1) is 15.5. The Labute approximate surface area is 142 Å². The Morgan fingerprint density at radius 2 is 2.04 bits per heavy atom. The molecule has 2 saturated carbocycles. The normalized spacial score (nSPS) is 26.5. The second kappa shape index (κ2) is 6.12. The van der Waals surface area contributed by atoms with Crippen LogP contribution in [0.3, 0.4) is 0 Å². The molecule has 7 heteroatoms. The summed E-state index contributed by atoms with van der Waals surface area (Å²) < 4.78 is 6.85. The fourth-order valence-corrected chi connectivity index (χ4v) is 4.64. The van der Waals surface area contributed by atoms with Gasteiger partial charge in [0.2, 0.25) is 0 Å². The molecular weight excluding hydrogens is 328 g/mol. The van der Waals surface area contributed by atoms with Gasteiger partial charge in [0.25, 0.3) is 5.56 Å². The number of carbonyl (C=O) groups is 2. The van der Waals surface area contributed by atoms with E-state index in [4.69, 9.17) is 4.74 Å². The zero-order valence-electron chi connectivity index (χ0n) is 13.1. The third-order valence-electron chi connectivity index (χ3n) is 5.10. The lowest BCUT2D eigenvalue weighted by Gasteiger charge is -2.36. The van der Waals surface area contributed by atoms with Crippen LogP contribution < -0.4 is 5.56 Å². The van der Waals surface area contributed by atoms with Crippen LogP contribution in [0.15, 0.2) is 22.4 Å². The number of nitrogens with zero attached hydrogens (tertiary/aromatic N) is 2. The molecule has 0 saturated heterocycles. The van der Waals surface area contributed by atoms with Gasteiger partial charge in [0.05, 0.1) is 11.6 Å². The summed E-state index contributed by atoms with van der Waals surface area (Å²) in [4.78, 5) is 41.3. The Bertz CT molecular complexity index is 840. The Kier molecular flexibility index (Phi) is 3.96. The molecule has 2 bridgehead atoms. The molecule has 0 aliphatic heterocycles. The second-order valence-electron chi connectivity index (χ2n) is 6.64. The number of Topliss-reactive ketones (excluding diaryl/α,β-unsaturated/α-hetero) is 1. The molecule has 0 amide bonds. The van der Waals surface area contributed by atoms with Crippen molar-refractivity contribution in [3.05, 3.63) is 33.7 Å². The maximum absolute atomic E-state index is 12.4. The van der Waals surface area contributed by atoms with Crippen molar-refractivity contribution in [1.29, 1.82) is 0 Å². The molecular formula is C17H18N2O4S. The maximum atomic E-state index is 12.4. The van der Waals surface area contributed by atoms with E-state index in [-0.39, 0.29) is 35.9 Å². The average molecular weight is 346 g/mol. The fraction of sp³-hybridized carbons (Fsp3) is 0.529. The van der Waals surface area contributed by atoms with Gasteiger partial charge in [0.15, 0.2) is 4.96 Å².